The Morgan fingerprint density at radius 1 is 1.31 bits per heavy atom. The molecule has 6 nitrogen and oxygen atoms in total. The number of nitrogens with zero attached hydrogens (tertiary/aromatic N) is 3. The van der Waals surface area contributed by atoms with E-state index < -0.39 is 0 Å². The van der Waals surface area contributed by atoms with E-state index in [-0.39, 0.29) is 23.8 Å². The Kier molecular flexibility index (Phi) is 13.1. The van der Waals surface area contributed by atoms with Gasteiger partial charge in [0, 0.05) is 57.0 Å². The molecule has 0 saturated carbocycles. The Morgan fingerprint density at radius 3 is 2.57 bits per heavy atom. The van der Waals surface area contributed by atoms with E-state index in [1.165, 1.54) is 5.57 Å². The largest absolute Gasteiger partial charge is 0.365 e. The topological polar surface area (TPSA) is 64.8 Å². The number of rotatable bonds is 13. The van der Waals surface area contributed by atoms with Gasteiger partial charge in [0.25, 0.3) is 5.91 Å². The third kappa shape index (κ3) is 9.38. The zero-order valence-corrected chi connectivity index (χ0v) is 23.1. The van der Waals surface area contributed by atoms with Crippen molar-refractivity contribution in [2.45, 2.75) is 40.2 Å². The van der Waals surface area contributed by atoms with Gasteiger partial charge in [-0.05, 0) is 53.3 Å². The van der Waals surface area contributed by atoms with Crippen LogP contribution in [0.2, 0.25) is 0 Å². The van der Waals surface area contributed by atoms with Gasteiger partial charge in [-0.15, -0.1) is 0 Å². The molecule has 1 amide bonds. The van der Waals surface area contributed by atoms with Crippen molar-refractivity contribution in [1.82, 2.24) is 20.0 Å². The van der Waals surface area contributed by atoms with E-state index in [2.05, 4.69) is 74.4 Å². The highest BCUT2D eigenvalue weighted by Crippen LogP contribution is 2.24. The Balaban J connectivity index is 3.13. The summed E-state index contributed by atoms with van der Waals surface area (Å²) in [5.74, 6) is 0.246. The molecule has 1 rings (SSSR count). The van der Waals surface area contributed by atoms with Crippen LogP contribution in [-0.2, 0) is 4.79 Å². The first-order valence-corrected chi connectivity index (χ1v) is 12.3. The van der Waals surface area contributed by atoms with E-state index in [4.69, 9.17) is 5.73 Å². The van der Waals surface area contributed by atoms with Crippen LogP contribution in [0.25, 0.3) is 0 Å². The van der Waals surface area contributed by atoms with Crippen LogP contribution in [0, 0.1) is 11.8 Å². The van der Waals surface area contributed by atoms with Gasteiger partial charge in [-0.25, -0.2) is 0 Å². The van der Waals surface area contributed by atoms with Crippen molar-refractivity contribution >= 4 is 5.91 Å². The number of hydrogen-bond acceptors (Lipinski definition) is 5. The molecular formula is C29H47N5O. The summed E-state index contributed by atoms with van der Waals surface area (Å²) in [4.78, 5) is 18.7. The van der Waals surface area contributed by atoms with Crippen LogP contribution < -0.4 is 11.1 Å². The molecule has 194 valence electrons. The standard InChI is InChI=1S/C29H47N5O/c1-10-15-26(24(5)33(8)21-30)27(31-6)18-23(4)34(9)28-19-25(20-32(7)29(28)35)17-14-12-11-13-16-22(2)3/h10-11,13-19,25-27,31H,5,12,20-21,30H2,1-4,6-9H3/b13-11-,15-10-,17-14?,23-18+. The zero-order valence-electron chi connectivity index (χ0n) is 23.1. The van der Waals surface area contributed by atoms with Crippen LogP contribution in [0.1, 0.15) is 34.1 Å². The molecule has 0 spiro atoms. The van der Waals surface area contributed by atoms with Gasteiger partial charge >= 0.3 is 0 Å². The van der Waals surface area contributed by atoms with Crippen LogP contribution in [0.15, 0.2) is 83.9 Å². The lowest BCUT2D eigenvalue weighted by Gasteiger charge is -2.34. The molecule has 3 unspecified atom stereocenters. The van der Waals surface area contributed by atoms with Crippen molar-refractivity contribution in [2.24, 2.45) is 17.6 Å². The van der Waals surface area contributed by atoms with Crippen molar-refractivity contribution in [3.8, 4) is 0 Å². The van der Waals surface area contributed by atoms with E-state index in [0.717, 1.165) is 17.8 Å². The second kappa shape index (κ2) is 15.2. The van der Waals surface area contributed by atoms with Gasteiger partial charge in [-0.3, -0.25) is 4.79 Å². The molecule has 35 heavy (non-hydrogen) atoms. The maximum atomic E-state index is 13.0. The normalized spacial score (nSPS) is 18.8. The molecule has 0 aromatic rings. The Bertz CT molecular complexity index is 889. The lowest BCUT2D eigenvalue weighted by Crippen LogP contribution is -2.41. The summed E-state index contributed by atoms with van der Waals surface area (Å²) >= 11 is 0. The molecule has 6 heteroatoms. The van der Waals surface area contributed by atoms with Crippen LogP contribution in [-0.4, -0.2) is 68.1 Å². The second-order valence-electron chi connectivity index (χ2n) is 9.34. The fourth-order valence-corrected chi connectivity index (χ4v) is 3.91. The van der Waals surface area contributed by atoms with Crippen molar-refractivity contribution in [2.75, 3.05) is 41.4 Å². The van der Waals surface area contributed by atoms with Crippen molar-refractivity contribution in [3.63, 3.8) is 0 Å². The third-order valence-corrected chi connectivity index (χ3v) is 6.22. The maximum Gasteiger partial charge on any atom is 0.269 e. The number of carbonyl (C=O) groups excluding carboxylic acids is 1. The predicted octanol–water partition coefficient (Wildman–Crippen LogP) is 4.40. The highest BCUT2D eigenvalue weighted by molar-refractivity contribution is 5.94. The monoisotopic (exact) mass is 481 g/mol. The van der Waals surface area contributed by atoms with E-state index >= 15 is 0 Å². The number of nitrogens with two attached hydrogens (primary N) is 1. The second-order valence-corrected chi connectivity index (χ2v) is 9.34. The van der Waals surface area contributed by atoms with E-state index in [1.807, 2.05) is 57.9 Å². The predicted molar refractivity (Wildman–Crippen MR) is 150 cm³/mol. The fourth-order valence-electron chi connectivity index (χ4n) is 3.91. The lowest BCUT2D eigenvalue weighted by atomic mass is 9.94. The number of hydrogen-bond donors (Lipinski definition) is 2. The van der Waals surface area contributed by atoms with Gasteiger partial charge in [0.1, 0.15) is 5.70 Å². The fraction of sp³-hybridized carbons (Fsp3) is 0.483. The van der Waals surface area contributed by atoms with E-state index in [1.54, 1.807) is 4.90 Å². The number of nitrogens with one attached hydrogen (secondary N) is 1. The molecule has 0 radical (unpaired) electrons. The molecule has 1 aliphatic heterocycles. The molecule has 1 heterocycles. The Morgan fingerprint density at radius 2 is 2.00 bits per heavy atom. The third-order valence-electron chi connectivity index (χ3n) is 6.22. The van der Waals surface area contributed by atoms with E-state index in [0.29, 0.717) is 18.9 Å². The highest BCUT2D eigenvalue weighted by atomic mass is 16.2. The highest BCUT2D eigenvalue weighted by Gasteiger charge is 2.27. The lowest BCUT2D eigenvalue weighted by molar-refractivity contribution is -0.128. The van der Waals surface area contributed by atoms with Crippen LogP contribution in [0.5, 0.6) is 0 Å². The minimum absolute atomic E-state index is 0.00420. The Labute approximate surface area is 213 Å². The Hall–Kier alpha value is -2.83. The van der Waals surface area contributed by atoms with Crippen LogP contribution in [0.3, 0.4) is 0 Å². The summed E-state index contributed by atoms with van der Waals surface area (Å²) in [6.07, 6.45) is 19.9. The van der Waals surface area contributed by atoms with Gasteiger partial charge < -0.3 is 25.8 Å². The first-order chi connectivity index (χ1) is 16.6. The summed E-state index contributed by atoms with van der Waals surface area (Å²) in [5.41, 5.74) is 9.75. The number of amides is 1. The van der Waals surface area contributed by atoms with Crippen molar-refractivity contribution in [3.05, 3.63) is 83.9 Å². The summed E-state index contributed by atoms with van der Waals surface area (Å²) < 4.78 is 0. The van der Waals surface area contributed by atoms with Gasteiger partial charge in [0.15, 0.2) is 0 Å². The molecule has 0 bridgehead atoms. The molecule has 0 aromatic heterocycles. The number of carbonyl (C=O) groups is 1. The summed E-state index contributed by atoms with van der Waals surface area (Å²) in [5, 5.41) is 3.40. The maximum absolute atomic E-state index is 13.0. The summed E-state index contributed by atoms with van der Waals surface area (Å²) in [7, 11) is 7.70. The molecule has 0 aliphatic carbocycles. The molecule has 0 fully saturated rings. The molecular weight excluding hydrogens is 434 g/mol. The molecule has 1 aliphatic rings. The number of allylic oxidation sites excluding steroid dienone is 7. The van der Waals surface area contributed by atoms with Gasteiger partial charge in [-0.2, -0.15) is 0 Å². The van der Waals surface area contributed by atoms with Crippen molar-refractivity contribution < 1.29 is 4.79 Å². The smallest absolute Gasteiger partial charge is 0.269 e. The van der Waals surface area contributed by atoms with E-state index in [9.17, 15) is 4.79 Å². The van der Waals surface area contributed by atoms with Crippen LogP contribution >= 0.6 is 0 Å². The number of likely N-dealkylation sites (N-methyl/N-ethyl adjacent to an activating group) is 3. The molecule has 0 saturated heterocycles. The van der Waals surface area contributed by atoms with Gasteiger partial charge in [-0.1, -0.05) is 54.7 Å². The van der Waals surface area contributed by atoms with Gasteiger partial charge in [0.05, 0.1) is 6.67 Å². The minimum atomic E-state index is -0.00420. The average Bonchev–Trinajstić information content (AvgIpc) is 2.83. The average molecular weight is 482 g/mol. The molecule has 3 N–H and O–H groups in total. The first-order valence-electron chi connectivity index (χ1n) is 12.3. The van der Waals surface area contributed by atoms with Gasteiger partial charge in [0.2, 0.25) is 0 Å². The van der Waals surface area contributed by atoms with Crippen molar-refractivity contribution in [1.29, 1.82) is 0 Å². The zero-order chi connectivity index (χ0) is 26.5. The molecule has 3 atom stereocenters. The molecule has 0 aromatic carbocycles. The van der Waals surface area contributed by atoms with Crippen LogP contribution in [0.4, 0.5) is 0 Å². The summed E-state index contributed by atoms with van der Waals surface area (Å²) in [6, 6.07) is -0.00420. The quantitative estimate of drug-likeness (QED) is 0.232. The first kappa shape index (κ1) is 30.2. The summed E-state index contributed by atoms with van der Waals surface area (Å²) in [6.45, 7) is 13.6. The SMILES string of the molecule is C=C(C(/C=C\C)C(/C=C(\C)N(C)C1=CC(C=CC/C=C\C=C(C)C)CN(C)C1=O)NC)N(C)CN. The minimum Gasteiger partial charge on any atom is -0.365 e.